The van der Waals surface area contributed by atoms with Crippen molar-refractivity contribution in [2.45, 2.75) is 6.92 Å². The highest BCUT2D eigenvalue weighted by molar-refractivity contribution is 9.10. The first kappa shape index (κ1) is 17.3. The van der Waals surface area contributed by atoms with Gasteiger partial charge in [-0.1, -0.05) is 22.0 Å². The number of aryl methyl sites for hydroxylation is 1. The van der Waals surface area contributed by atoms with Crippen LogP contribution in [-0.2, 0) is 0 Å². The van der Waals surface area contributed by atoms with E-state index in [2.05, 4.69) is 36.2 Å². The molecule has 0 radical (unpaired) electrons. The topological polar surface area (TPSA) is 88.9 Å². The molecule has 2 N–H and O–H groups in total. The Kier molecular flexibility index (Phi) is 4.41. The number of aromatic hydroxyl groups is 1. The number of fused-ring (bicyclic) bond motifs is 2. The van der Waals surface area contributed by atoms with Gasteiger partial charge in [-0.25, -0.2) is 9.98 Å². The monoisotopic (exact) mass is 426 g/mol. The van der Waals surface area contributed by atoms with E-state index < -0.39 is 0 Å². The van der Waals surface area contributed by atoms with Gasteiger partial charge in [0, 0.05) is 28.0 Å². The molecule has 1 aliphatic rings. The number of hydrogen-bond donors (Lipinski definition) is 2. The number of methoxy groups -OCH3 is 1. The lowest BCUT2D eigenvalue weighted by Gasteiger charge is -2.12. The largest absolute Gasteiger partial charge is 0.504 e. The molecule has 136 valence electrons. The minimum absolute atomic E-state index is 0.0231. The summed E-state index contributed by atoms with van der Waals surface area (Å²) in [5.41, 5.74) is 3.10. The van der Waals surface area contributed by atoms with Crippen molar-refractivity contribution in [3.05, 3.63) is 52.3 Å². The third-order valence-corrected chi connectivity index (χ3v) is 4.93. The van der Waals surface area contributed by atoms with Crippen LogP contribution < -0.4 is 14.8 Å². The number of halogens is 1. The Morgan fingerprint density at radius 1 is 1.19 bits per heavy atom. The highest BCUT2D eigenvalue weighted by Crippen LogP contribution is 2.42. The Bertz CT molecular complexity index is 1070. The summed E-state index contributed by atoms with van der Waals surface area (Å²) in [5.74, 6) is 1.54. The fourth-order valence-electron chi connectivity index (χ4n) is 2.61. The van der Waals surface area contributed by atoms with Crippen molar-refractivity contribution >= 4 is 39.3 Å². The second kappa shape index (κ2) is 6.88. The van der Waals surface area contributed by atoms with E-state index >= 15 is 0 Å². The van der Waals surface area contributed by atoms with Crippen LogP contribution in [0.5, 0.6) is 23.1 Å². The molecule has 8 heteroatoms. The smallest absolute Gasteiger partial charge is 0.250 e. The van der Waals surface area contributed by atoms with Crippen LogP contribution in [-0.4, -0.2) is 28.4 Å². The van der Waals surface area contributed by atoms with Gasteiger partial charge in [0.25, 0.3) is 5.88 Å². The van der Waals surface area contributed by atoms with E-state index in [0.29, 0.717) is 34.4 Å². The molecule has 2 heterocycles. The molecule has 0 fully saturated rings. The number of hydrogen-bond acceptors (Lipinski definition) is 7. The first-order valence-electron chi connectivity index (χ1n) is 8.06. The molecule has 27 heavy (non-hydrogen) atoms. The van der Waals surface area contributed by atoms with Gasteiger partial charge in [-0.05, 0) is 30.7 Å². The Labute approximate surface area is 163 Å². The normalized spacial score (nSPS) is 11.8. The molecule has 2 aromatic carbocycles. The summed E-state index contributed by atoms with van der Waals surface area (Å²) < 4.78 is 12.0. The number of aromatic nitrogens is 2. The highest BCUT2D eigenvalue weighted by atomic mass is 79.9. The maximum absolute atomic E-state index is 10.0. The van der Waals surface area contributed by atoms with Crippen LogP contribution >= 0.6 is 15.9 Å². The molecule has 7 nitrogen and oxygen atoms in total. The number of phenols is 1. The van der Waals surface area contributed by atoms with Crippen LogP contribution in [0.25, 0.3) is 0 Å². The van der Waals surface area contributed by atoms with Crippen molar-refractivity contribution in [3.63, 3.8) is 0 Å². The summed E-state index contributed by atoms with van der Waals surface area (Å²) in [6.45, 7) is 2.02. The molecule has 1 aromatic heterocycles. The molecule has 0 bridgehead atoms. The summed E-state index contributed by atoms with van der Waals surface area (Å²) in [4.78, 5) is 12.9. The first-order valence-corrected chi connectivity index (χ1v) is 8.85. The minimum Gasteiger partial charge on any atom is -0.504 e. The van der Waals surface area contributed by atoms with Crippen molar-refractivity contribution < 1.29 is 14.6 Å². The van der Waals surface area contributed by atoms with Gasteiger partial charge in [-0.15, -0.1) is 0 Å². The number of anilines is 2. The minimum atomic E-state index is -0.0231. The number of phenolic OH excluding ortho intramolecular Hbond substituents is 1. The van der Waals surface area contributed by atoms with E-state index in [0.717, 1.165) is 15.7 Å². The number of nitrogens with zero attached hydrogens (tertiary/aromatic N) is 3. The van der Waals surface area contributed by atoms with Crippen LogP contribution in [0.15, 0.2) is 46.1 Å². The Morgan fingerprint density at radius 2 is 2.04 bits per heavy atom. The van der Waals surface area contributed by atoms with E-state index in [9.17, 15) is 5.11 Å². The van der Waals surface area contributed by atoms with Gasteiger partial charge in [0.2, 0.25) is 0 Å². The zero-order chi connectivity index (χ0) is 19.0. The van der Waals surface area contributed by atoms with E-state index in [1.807, 2.05) is 25.1 Å². The van der Waals surface area contributed by atoms with Crippen LogP contribution in [0.2, 0.25) is 0 Å². The van der Waals surface area contributed by atoms with Crippen LogP contribution in [0, 0.1) is 6.92 Å². The van der Waals surface area contributed by atoms with Gasteiger partial charge in [0.1, 0.15) is 12.1 Å². The zero-order valence-electron chi connectivity index (χ0n) is 14.5. The molecule has 0 aliphatic carbocycles. The number of nitrogens with one attached hydrogen (secondary N) is 1. The van der Waals surface area contributed by atoms with Gasteiger partial charge >= 0.3 is 0 Å². The fourth-order valence-corrected chi connectivity index (χ4v) is 2.99. The number of aliphatic imine (C=N–C) groups is 1. The Balaban J connectivity index is 1.74. The molecular weight excluding hydrogens is 412 g/mol. The third kappa shape index (κ3) is 3.31. The van der Waals surface area contributed by atoms with Gasteiger partial charge in [0.05, 0.1) is 7.11 Å². The molecule has 0 spiro atoms. The first-order chi connectivity index (χ1) is 13.0. The summed E-state index contributed by atoms with van der Waals surface area (Å²) in [6.07, 6.45) is 3.02. The van der Waals surface area contributed by atoms with Crippen molar-refractivity contribution in [2.75, 3.05) is 12.4 Å². The van der Waals surface area contributed by atoms with Crippen molar-refractivity contribution in [2.24, 2.45) is 4.99 Å². The molecular formula is C19H15BrN4O3. The third-order valence-electron chi connectivity index (χ3n) is 4.07. The molecule has 0 unspecified atom stereocenters. The molecule has 3 aromatic rings. The SMILES string of the molecule is COc1cc2c(cc1O)Oc1ncnc(Nc3ccc(C)c(Br)c3)c1N=C2. The Hall–Kier alpha value is -3.13. The molecule has 0 saturated carbocycles. The summed E-state index contributed by atoms with van der Waals surface area (Å²) >= 11 is 3.52. The van der Waals surface area contributed by atoms with E-state index in [4.69, 9.17) is 9.47 Å². The van der Waals surface area contributed by atoms with E-state index in [-0.39, 0.29) is 5.75 Å². The summed E-state index contributed by atoms with van der Waals surface area (Å²) in [6, 6.07) is 9.03. The lowest BCUT2D eigenvalue weighted by molar-refractivity contribution is 0.369. The fraction of sp³-hybridized carbons (Fsp3) is 0.105. The van der Waals surface area contributed by atoms with E-state index in [1.54, 1.807) is 12.3 Å². The van der Waals surface area contributed by atoms with Crippen molar-refractivity contribution in [3.8, 4) is 23.1 Å². The number of rotatable bonds is 3. The van der Waals surface area contributed by atoms with Crippen LogP contribution in [0.3, 0.4) is 0 Å². The quantitative estimate of drug-likeness (QED) is 0.486. The molecule has 0 amide bonds. The predicted molar refractivity (Wildman–Crippen MR) is 106 cm³/mol. The standard InChI is InChI=1S/C19H15BrN4O3/c1-10-3-4-12(6-13(10)20)24-18-17-19(23-9-22-18)27-15-7-14(25)16(26-2)5-11(15)8-21-17/h3-9,25H,1-2H3,(H,22,23,24). The van der Waals surface area contributed by atoms with Gasteiger partial charge in [0.15, 0.2) is 23.0 Å². The van der Waals surface area contributed by atoms with Crippen LogP contribution in [0.4, 0.5) is 17.2 Å². The van der Waals surface area contributed by atoms with Crippen LogP contribution in [0.1, 0.15) is 11.1 Å². The Morgan fingerprint density at radius 3 is 2.81 bits per heavy atom. The second-order valence-electron chi connectivity index (χ2n) is 5.89. The maximum Gasteiger partial charge on any atom is 0.250 e. The van der Waals surface area contributed by atoms with E-state index in [1.165, 1.54) is 19.5 Å². The molecule has 1 aliphatic heterocycles. The predicted octanol–water partition coefficient (Wildman–Crippen LogP) is 4.86. The van der Waals surface area contributed by atoms with Crippen molar-refractivity contribution in [1.82, 2.24) is 9.97 Å². The number of ether oxygens (including phenoxy) is 2. The van der Waals surface area contributed by atoms with Gasteiger partial charge < -0.3 is 19.9 Å². The zero-order valence-corrected chi connectivity index (χ0v) is 16.1. The highest BCUT2D eigenvalue weighted by Gasteiger charge is 2.19. The van der Waals surface area contributed by atoms with Gasteiger partial charge in [-0.3, -0.25) is 0 Å². The maximum atomic E-state index is 10.0. The average molecular weight is 427 g/mol. The lowest BCUT2D eigenvalue weighted by atomic mass is 10.2. The summed E-state index contributed by atoms with van der Waals surface area (Å²) in [7, 11) is 1.48. The van der Waals surface area contributed by atoms with Gasteiger partial charge in [-0.2, -0.15) is 4.98 Å². The average Bonchev–Trinajstić information content (AvgIpc) is 2.83. The molecule has 0 atom stereocenters. The lowest BCUT2D eigenvalue weighted by Crippen LogP contribution is -1.97. The summed E-state index contributed by atoms with van der Waals surface area (Å²) in [5, 5.41) is 13.2. The molecule has 4 rings (SSSR count). The number of benzene rings is 2. The second-order valence-corrected chi connectivity index (χ2v) is 6.74. The van der Waals surface area contributed by atoms with Crippen molar-refractivity contribution in [1.29, 1.82) is 0 Å². The molecule has 0 saturated heterocycles.